The molecule has 0 bridgehead atoms. The van der Waals surface area contributed by atoms with Crippen LogP contribution in [0.15, 0.2) is 24.5 Å². The van der Waals surface area contributed by atoms with Crippen LogP contribution in [0.4, 0.5) is 5.69 Å². The van der Waals surface area contributed by atoms with E-state index in [2.05, 4.69) is 10.1 Å². The van der Waals surface area contributed by atoms with Crippen LogP contribution in [0, 0.1) is 6.92 Å². The van der Waals surface area contributed by atoms with E-state index in [9.17, 15) is 0 Å². The molecule has 0 fully saturated rings. The van der Waals surface area contributed by atoms with Gasteiger partial charge in [0.15, 0.2) is 5.82 Å². The van der Waals surface area contributed by atoms with E-state index in [1.807, 2.05) is 26.1 Å². The van der Waals surface area contributed by atoms with Gasteiger partial charge in [-0.2, -0.15) is 10.1 Å². The van der Waals surface area contributed by atoms with E-state index in [1.165, 1.54) is 0 Å². The van der Waals surface area contributed by atoms with Gasteiger partial charge in [-0.05, 0) is 31.0 Å². The Hall–Kier alpha value is -2.04. The smallest absolute Gasteiger partial charge is 0.239 e. The van der Waals surface area contributed by atoms with E-state index < -0.39 is 0 Å². The fourth-order valence-electron chi connectivity index (χ4n) is 1.42. The van der Waals surface area contributed by atoms with E-state index in [4.69, 9.17) is 10.5 Å². The molecule has 0 spiro atoms. The van der Waals surface area contributed by atoms with Gasteiger partial charge in [-0.15, -0.1) is 0 Å². The number of aromatic nitrogens is 3. The second-order valence-electron chi connectivity index (χ2n) is 3.87. The summed E-state index contributed by atoms with van der Waals surface area (Å²) in [6.07, 6.45) is 4.61. The molecule has 5 nitrogen and oxygen atoms in total. The molecule has 0 saturated carbocycles. The van der Waals surface area contributed by atoms with Crippen molar-refractivity contribution in [2.45, 2.75) is 20.3 Å². The zero-order chi connectivity index (χ0) is 12.3. The number of nitrogens with zero attached hydrogens (tertiary/aromatic N) is 3. The normalized spacial score (nSPS) is 10.5. The third kappa shape index (κ3) is 2.55. The number of aryl methyl sites for hydroxylation is 1. The molecule has 2 N–H and O–H groups in total. The molecule has 5 heteroatoms. The van der Waals surface area contributed by atoms with Gasteiger partial charge in [0.05, 0.1) is 18.5 Å². The van der Waals surface area contributed by atoms with Gasteiger partial charge in [0.25, 0.3) is 0 Å². The molecule has 2 aromatic heterocycles. The second-order valence-corrected chi connectivity index (χ2v) is 3.87. The van der Waals surface area contributed by atoms with Crippen molar-refractivity contribution in [2.75, 3.05) is 12.3 Å². The predicted octanol–water partition coefficient (Wildman–Crippen LogP) is 1.95. The number of hydrogen-bond acceptors (Lipinski definition) is 4. The predicted molar refractivity (Wildman–Crippen MR) is 66.3 cm³/mol. The van der Waals surface area contributed by atoms with Crippen molar-refractivity contribution in [2.24, 2.45) is 0 Å². The minimum atomic E-state index is 0.470. The van der Waals surface area contributed by atoms with Crippen molar-refractivity contribution >= 4 is 5.69 Å². The fourth-order valence-corrected chi connectivity index (χ4v) is 1.42. The van der Waals surface area contributed by atoms with Crippen molar-refractivity contribution in [1.82, 2.24) is 14.8 Å². The number of nitrogens with two attached hydrogens (primary N) is 1. The highest BCUT2D eigenvalue weighted by molar-refractivity contribution is 5.50. The molecule has 0 saturated heterocycles. The number of hydrogen-bond donors (Lipinski definition) is 1. The summed E-state index contributed by atoms with van der Waals surface area (Å²) in [5.41, 5.74) is 7.43. The van der Waals surface area contributed by atoms with E-state index in [0.717, 1.165) is 12.0 Å². The minimum Gasteiger partial charge on any atom is -0.476 e. The Labute approximate surface area is 100 Å². The molecule has 0 unspecified atom stereocenters. The second kappa shape index (κ2) is 4.86. The van der Waals surface area contributed by atoms with Crippen LogP contribution < -0.4 is 10.5 Å². The van der Waals surface area contributed by atoms with Gasteiger partial charge < -0.3 is 10.5 Å². The number of pyridine rings is 1. The summed E-state index contributed by atoms with van der Waals surface area (Å²) >= 11 is 0. The lowest BCUT2D eigenvalue weighted by atomic mass is 10.4. The Bertz CT molecular complexity index is 507. The summed E-state index contributed by atoms with van der Waals surface area (Å²) in [6.45, 7) is 4.63. The van der Waals surface area contributed by atoms with Crippen LogP contribution in [-0.4, -0.2) is 21.4 Å². The zero-order valence-corrected chi connectivity index (χ0v) is 10.1. The van der Waals surface area contributed by atoms with E-state index >= 15 is 0 Å². The first-order chi connectivity index (χ1) is 8.20. The monoisotopic (exact) mass is 232 g/mol. The first-order valence-electron chi connectivity index (χ1n) is 5.61. The summed E-state index contributed by atoms with van der Waals surface area (Å²) in [5.74, 6) is 1.18. The van der Waals surface area contributed by atoms with Gasteiger partial charge in [-0.25, -0.2) is 4.68 Å². The maximum atomic E-state index is 5.80. The molecule has 0 radical (unpaired) electrons. The molecule has 90 valence electrons. The standard InChI is InChI=1S/C12H16N4O/c1-3-6-17-12-10(13)4-5-11(15-12)16-8-9(2)7-14-16/h4-5,7-8H,3,6,13H2,1-2H3. The van der Waals surface area contributed by atoms with Crippen molar-refractivity contribution in [3.63, 3.8) is 0 Å². The molecule has 0 aromatic carbocycles. The van der Waals surface area contributed by atoms with E-state index in [0.29, 0.717) is 24.0 Å². The van der Waals surface area contributed by atoms with Gasteiger partial charge in [-0.1, -0.05) is 6.92 Å². The molecule has 0 aliphatic rings. The highest BCUT2D eigenvalue weighted by Gasteiger charge is 2.06. The van der Waals surface area contributed by atoms with E-state index in [1.54, 1.807) is 16.9 Å². The van der Waals surface area contributed by atoms with Gasteiger partial charge in [-0.3, -0.25) is 0 Å². The molecule has 2 heterocycles. The van der Waals surface area contributed by atoms with Crippen molar-refractivity contribution in [3.05, 3.63) is 30.1 Å². The molecule has 17 heavy (non-hydrogen) atoms. The first kappa shape index (κ1) is 11.4. The van der Waals surface area contributed by atoms with Crippen LogP contribution in [0.3, 0.4) is 0 Å². The van der Waals surface area contributed by atoms with Crippen LogP contribution in [0.2, 0.25) is 0 Å². The SMILES string of the molecule is CCCOc1nc(-n2cc(C)cn2)ccc1N. The van der Waals surface area contributed by atoms with E-state index in [-0.39, 0.29) is 0 Å². The fraction of sp³-hybridized carbons (Fsp3) is 0.333. The maximum Gasteiger partial charge on any atom is 0.239 e. The topological polar surface area (TPSA) is 66.0 Å². The Balaban J connectivity index is 2.30. The minimum absolute atomic E-state index is 0.470. The van der Waals surface area contributed by atoms with Crippen LogP contribution in [0.5, 0.6) is 5.88 Å². The van der Waals surface area contributed by atoms with Crippen LogP contribution in [0.1, 0.15) is 18.9 Å². The van der Waals surface area contributed by atoms with Crippen LogP contribution in [-0.2, 0) is 0 Å². The van der Waals surface area contributed by atoms with Crippen molar-refractivity contribution in [3.8, 4) is 11.7 Å². The molecule has 2 aromatic rings. The number of anilines is 1. The molecule has 2 rings (SSSR count). The maximum absolute atomic E-state index is 5.80. The molecular weight excluding hydrogens is 216 g/mol. The highest BCUT2D eigenvalue weighted by atomic mass is 16.5. The van der Waals surface area contributed by atoms with Gasteiger partial charge in [0, 0.05) is 6.20 Å². The Morgan fingerprint density at radius 2 is 2.24 bits per heavy atom. The largest absolute Gasteiger partial charge is 0.476 e. The lowest BCUT2D eigenvalue weighted by Crippen LogP contribution is -2.05. The summed E-state index contributed by atoms with van der Waals surface area (Å²) in [4.78, 5) is 4.35. The molecule has 0 amide bonds. The first-order valence-corrected chi connectivity index (χ1v) is 5.61. The van der Waals surface area contributed by atoms with Crippen LogP contribution in [0.25, 0.3) is 5.82 Å². The van der Waals surface area contributed by atoms with Crippen molar-refractivity contribution in [1.29, 1.82) is 0 Å². The highest BCUT2D eigenvalue weighted by Crippen LogP contribution is 2.20. The average molecular weight is 232 g/mol. The summed E-state index contributed by atoms with van der Waals surface area (Å²) in [6, 6.07) is 3.60. The quantitative estimate of drug-likeness (QED) is 0.874. The summed E-state index contributed by atoms with van der Waals surface area (Å²) < 4.78 is 7.18. The number of ether oxygens (including phenoxy) is 1. The van der Waals surface area contributed by atoms with Crippen LogP contribution >= 0.6 is 0 Å². The van der Waals surface area contributed by atoms with Gasteiger partial charge >= 0.3 is 0 Å². The summed E-state index contributed by atoms with van der Waals surface area (Å²) in [5, 5.41) is 4.19. The molecular formula is C12H16N4O. The van der Waals surface area contributed by atoms with Gasteiger partial charge in [0.1, 0.15) is 0 Å². The lowest BCUT2D eigenvalue weighted by Gasteiger charge is -2.08. The molecule has 0 aliphatic carbocycles. The lowest BCUT2D eigenvalue weighted by molar-refractivity contribution is 0.307. The van der Waals surface area contributed by atoms with Crippen molar-refractivity contribution < 1.29 is 4.74 Å². The Kier molecular flexibility index (Phi) is 3.27. The summed E-state index contributed by atoms with van der Waals surface area (Å²) in [7, 11) is 0. The third-order valence-electron chi connectivity index (χ3n) is 2.26. The molecule has 0 aliphatic heterocycles. The number of rotatable bonds is 4. The Morgan fingerprint density at radius 3 is 2.88 bits per heavy atom. The zero-order valence-electron chi connectivity index (χ0n) is 10.1. The average Bonchev–Trinajstić information content (AvgIpc) is 2.75. The number of nitrogen functional groups attached to an aromatic ring is 1. The third-order valence-corrected chi connectivity index (χ3v) is 2.26. The molecule has 0 atom stereocenters. The van der Waals surface area contributed by atoms with Gasteiger partial charge in [0.2, 0.25) is 5.88 Å². The Morgan fingerprint density at radius 1 is 1.41 bits per heavy atom.